The molecule has 0 spiro atoms. The number of nitrogens with one attached hydrogen (secondary N) is 3. The highest BCUT2D eigenvalue weighted by atomic mass is 19.3. The van der Waals surface area contributed by atoms with Crippen molar-refractivity contribution in [1.29, 1.82) is 0 Å². The average molecular weight is 392 g/mol. The van der Waals surface area contributed by atoms with Gasteiger partial charge in [0, 0.05) is 37.2 Å². The van der Waals surface area contributed by atoms with Gasteiger partial charge in [-0.1, -0.05) is 0 Å². The van der Waals surface area contributed by atoms with E-state index in [1.54, 1.807) is 6.07 Å². The number of alkyl halides is 2. The van der Waals surface area contributed by atoms with Gasteiger partial charge in [0.1, 0.15) is 6.04 Å². The number of benzene rings is 1. The number of carbonyl (C=O) groups is 4. The molecule has 0 bridgehead atoms. The minimum absolute atomic E-state index is 0.0602. The van der Waals surface area contributed by atoms with E-state index in [0.29, 0.717) is 16.8 Å². The number of piperidine rings is 1. The normalized spacial score (nSPS) is 26.2. The Balaban J connectivity index is 1.49. The van der Waals surface area contributed by atoms with Crippen molar-refractivity contribution >= 4 is 29.3 Å². The molecule has 0 aromatic heterocycles. The van der Waals surface area contributed by atoms with Gasteiger partial charge in [0.05, 0.1) is 0 Å². The van der Waals surface area contributed by atoms with Gasteiger partial charge in [-0.3, -0.25) is 24.5 Å². The number of hydrogen-bond acceptors (Lipinski definition) is 5. The smallest absolute Gasteiger partial charge is 0.273 e. The number of carbonyl (C=O) groups excluding carboxylic acids is 4. The first-order valence-corrected chi connectivity index (χ1v) is 8.96. The Hall–Kier alpha value is -2.88. The number of amides is 4. The summed E-state index contributed by atoms with van der Waals surface area (Å²) in [4.78, 5) is 49.5. The Kier molecular flexibility index (Phi) is 4.37. The topological polar surface area (TPSA) is 108 Å². The summed E-state index contributed by atoms with van der Waals surface area (Å²) in [5, 5.41) is 7.17. The fourth-order valence-corrected chi connectivity index (χ4v) is 3.83. The highest BCUT2D eigenvalue weighted by Crippen LogP contribution is 2.31. The summed E-state index contributed by atoms with van der Waals surface area (Å²) in [6.45, 7) is 0.201. The standard InChI is InChI=1S/C18H18F2N4O4/c19-18(20)5-6-21-14(18)16(27)22-10-1-2-11-9(7-10)8-24(17(11)28)12-3-4-13(25)23-15(12)26/h1-2,7,12,14,21H,3-6,8H2,(H,22,27)(H,23,25,26)/t12?,14-/m1/s1. The molecule has 148 valence electrons. The number of rotatable bonds is 3. The SMILES string of the molecule is O=C1CCC(N2Cc3cc(NC(=O)[C@H]4NCCC4(F)F)ccc3C2=O)C(=O)N1. The number of hydrogen-bond donors (Lipinski definition) is 3. The van der Waals surface area contributed by atoms with Crippen LogP contribution in [0.2, 0.25) is 0 Å². The van der Waals surface area contributed by atoms with Gasteiger partial charge >= 0.3 is 0 Å². The molecule has 2 atom stereocenters. The third kappa shape index (κ3) is 3.13. The molecule has 4 amide bonds. The molecule has 4 rings (SSSR count). The second-order valence-electron chi connectivity index (χ2n) is 7.16. The van der Waals surface area contributed by atoms with Gasteiger partial charge in [-0.2, -0.15) is 0 Å². The number of anilines is 1. The Morgan fingerprint density at radius 3 is 2.71 bits per heavy atom. The molecular weight excluding hydrogens is 374 g/mol. The van der Waals surface area contributed by atoms with Crippen LogP contribution < -0.4 is 16.0 Å². The monoisotopic (exact) mass is 392 g/mol. The molecule has 1 unspecified atom stereocenters. The highest BCUT2D eigenvalue weighted by molar-refractivity contribution is 6.06. The number of fused-ring (bicyclic) bond motifs is 1. The lowest BCUT2D eigenvalue weighted by atomic mass is 10.0. The van der Waals surface area contributed by atoms with Gasteiger partial charge in [0.2, 0.25) is 17.7 Å². The van der Waals surface area contributed by atoms with Gasteiger partial charge in [-0.25, -0.2) is 8.78 Å². The molecule has 3 aliphatic heterocycles. The molecule has 10 heteroatoms. The summed E-state index contributed by atoms with van der Waals surface area (Å²) in [7, 11) is 0. The second-order valence-corrected chi connectivity index (χ2v) is 7.16. The predicted octanol–water partition coefficient (Wildman–Crippen LogP) is 0.383. The van der Waals surface area contributed by atoms with Gasteiger partial charge in [0.15, 0.2) is 6.04 Å². The summed E-state index contributed by atoms with van der Waals surface area (Å²) in [5.74, 6) is -5.17. The van der Waals surface area contributed by atoms with E-state index in [1.807, 2.05) is 0 Å². The zero-order chi connectivity index (χ0) is 20.1. The largest absolute Gasteiger partial charge is 0.325 e. The molecule has 8 nitrogen and oxygen atoms in total. The molecule has 0 aliphatic carbocycles. The van der Waals surface area contributed by atoms with Crippen molar-refractivity contribution in [3.8, 4) is 0 Å². The Labute approximate surface area is 158 Å². The summed E-state index contributed by atoms with van der Waals surface area (Å²) in [6.07, 6.45) is 0.00154. The van der Waals surface area contributed by atoms with Crippen molar-refractivity contribution in [3.63, 3.8) is 0 Å². The molecular formula is C18H18F2N4O4. The van der Waals surface area contributed by atoms with Crippen LogP contribution >= 0.6 is 0 Å². The summed E-state index contributed by atoms with van der Waals surface area (Å²) in [6, 6.07) is 2.18. The molecule has 3 aliphatic rings. The minimum Gasteiger partial charge on any atom is -0.325 e. The van der Waals surface area contributed by atoms with Crippen LogP contribution in [-0.2, 0) is 20.9 Å². The molecule has 0 saturated carbocycles. The van der Waals surface area contributed by atoms with E-state index in [-0.39, 0.29) is 37.7 Å². The lowest BCUT2D eigenvalue weighted by Gasteiger charge is -2.29. The van der Waals surface area contributed by atoms with Crippen molar-refractivity contribution in [1.82, 2.24) is 15.5 Å². The first-order chi connectivity index (χ1) is 13.3. The fraction of sp³-hybridized carbons (Fsp3) is 0.444. The lowest BCUT2D eigenvalue weighted by molar-refractivity contribution is -0.137. The van der Waals surface area contributed by atoms with Crippen LogP contribution in [0.1, 0.15) is 35.2 Å². The van der Waals surface area contributed by atoms with Crippen LogP contribution in [-0.4, -0.2) is 53.1 Å². The highest BCUT2D eigenvalue weighted by Gasteiger charge is 2.48. The van der Waals surface area contributed by atoms with Crippen molar-refractivity contribution in [2.45, 2.75) is 43.8 Å². The van der Waals surface area contributed by atoms with E-state index in [0.717, 1.165) is 0 Å². The fourth-order valence-electron chi connectivity index (χ4n) is 3.83. The van der Waals surface area contributed by atoms with E-state index in [4.69, 9.17) is 0 Å². The number of nitrogens with zero attached hydrogens (tertiary/aromatic N) is 1. The van der Waals surface area contributed by atoms with E-state index in [2.05, 4.69) is 16.0 Å². The zero-order valence-corrected chi connectivity index (χ0v) is 14.8. The van der Waals surface area contributed by atoms with Crippen molar-refractivity contribution in [2.75, 3.05) is 11.9 Å². The molecule has 1 aromatic carbocycles. The number of halogens is 2. The van der Waals surface area contributed by atoms with E-state index in [9.17, 15) is 28.0 Å². The first kappa shape index (κ1) is 18.5. The second kappa shape index (κ2) is 6.62. The third-order valence-electron chi connectivity index (χ3n) is 5.28. The van der Waals surface area contributed by atoms with E-state index < -0.39 is 36.2 Å². The van der Waals surface area contributed by atoms with Crippen LogP contribution in [0.15, 0.2) is 18.2 Å². The van der Waals surface area contributed by atoms with Gasteiger partial charge < -0.3 is 15.5 Å². The molecule has 0 radical (unpaired) electrons. The summed E-state index contributed by atoms with van der Waals surface area (Å²) < 4.78 is 27.4. The summed E-state index contributed by atoms with van der Waals surface area (Å²) >= 11 is 0. The van der Waals surface area contributed by atoms with Crippen LogP contribution in [0.3, 0.4) is 0 Å². The van der Waals surface area contributed by atoms with Crippen LogP contribution in [0.4, 0.5) is 14.5 Å². The molecule has 1 aromatic rings. The van der Waals surface area contributed by atoms with Crippen LogP contribution in [0.5, 0.6) is 0 Å². The molecule has 3 N–H and O–H groups in total. The van der Waals surface area contributed by atoms with E-state index >= 15 is 0 Å². The maximum Gasteiger partial charge on any atom is 0.273 e. The van der Waals surface area contributed by atoms with Gasteiger partial charge in [-0.15, -0.1) is 0 Å². The molecule has 28 heavy (non-hydrogen) atoms. The van der Waals surface area contributed by atoms with Crippen molar-refractivity contribution < 1.29 is 28.0 Å². The average Bonchev–Trinajstić information content (AvgIpc) is 3.14. The van der Waals surface area contributed by atoms with Crippen LogP contribution in [0, 0.1) is 0 Å². The molecule has 2 fully saturated rings. The van der Waals surface area contributed by atoms with Gasteiger partial charge in [0.25, 0.3) is 11.8 Å². The maximum atomic E-state index is 13.7. The number of imide groups is 1. The minimum atomic E-state index is -3.11. The predicted molar refractivity (Wildman–Crippen MR) is 92.5 cm³/mol. The quantitative estimate of drug-likeness (QED) is 0.645. The van der Waals surface area contributed by atoms with Crippen molar-refractivity contribution in [3.05, 3.63) is 29.3 Å². The Morgan fingerprint density at radius 2 is 2.04 bits per heavy atom. The van der Waals surface area contributed by atoms with Gasteiger partial charge in [-0.05, 0) is 30.2 Å². The first-order valence-electron chi connectivity index (χ1n) is 8.96. The lowest BCUT2D eigenvalue weighted by Crippen LogP contribution is -2.52. The Bertz CT molecular complexity index is 888. The Morgan fingerprint density at radius 1 is 1.25 bits per heavy atom. The van der Waals surface area contributed by atoms with Crippen molar-refractivity contribution in [2.24, 2.45) is 0 Å². The maximum absolute atomic E-state index is 13.7. The molecule has 2 saturated heterocycles. The molecule has 3 heterocycles. The van der Waals surface area contributed by atoms with Crippen LogP contribution in [0.25, 0.3) is 0 Å². The zero-order valence-electron chi connectivity index (χ0n) is 14.8. The third-order valence-corrected chi connectivity index (χ3v) is 5.28. The summed E-state index contributed by atoms with van der Waals surface area (Å²) in [5.41, 5.74) is 1.26. The van der Waals surface area contributed by atoms with E-state index in [1.165, 1.54) is 17.0 Å².